The molecule has 1 aliphatic carbocycles. The van der Waals surface area contributed by atoms with Crippen LogP contribution < -0.4 is 15.5 Å². The Morgan fingerprint density at radius 2 is 1.84 bits per heavy atom. The number of benzene rings is 1. The Bertz CT molecular complexity index is 1160. The number of hydrogen-bond donors (Lipinski definition) is 2. The van der Waals surface area contributed by atoms with Gasteiger partial charge in [-0.2, -0.15) is 0 Å². The number of rotatable bonds is 6. The van der Waals surface area contributed by atoms with Gasteiger partial charge in [0.1, 0.15) is 11.6 Å². The Morgan fingerprint density at radius 3 is 2.53 bits per heavy atom. The van der Waals surface area contributed by atoms with Gasteiger partial charge in [-0.3, -0.25) is 4.79 Å². The van der Waals surface area contributed by atoms with Gasteiger partial charge >= 0.3 is 0 Å². The van der Waals surface area contributed by atoms with E-state index in [-0.39, 0.29) is 11.8 Å². The number of aromatic nitrogens is 2. The Morgan fingerprint density at radius 1 is 1.09 bits per heavy atom. The van der Waals surface area contributed by atoms with Crippen LogP contribution in [-0.4, -0.2) is 49.2 Å². The zero-order valence-corrected chi connectivity index (χ0v) is 18.2. The topological polar surface area (TPSA) is 79.4 Å². The molecule has 0 radical (unpaired) electrons. The van der Waals surface area contributed by atoms with Crippen molar-refractivity contribution in [1.29, 1.82) is 0 Å². The lowest BCUT2D eigenvalue weighted by atomic mass is 9.96. The first-order valence-corrected chi connectivity index (χ1v) is 11.0. The maximum Gasteiger partial charge on any atom is 0.228 e. The van der Waals surface area contributed by atoms with Gasteiger partial charge in [-0.15, -0.1) is 0 Å². The first-order valence-electron chi connectivity index (χ1n) is 11.0. The van der Waals surface area contributed by atoms with Crippen molar-refractivity contribution in [3.8, 4) is 0 Å². The molecule has 1 saturated heterocycles. The van der Waals surface area contributed by atoms with Crippen molar-refractivity contribution in [2.75, 3.05) is 48.9 Å². The number of fused-ring (bicyclic) bond motifs is 1. The molecule has 7 heteroatoms. The third kappa shape index (κ3) is 4.03. The highest BCUT2D eigenvalue weighted by Crippen LogP contribution is 2.34. The summed E-state index contributed by atoms with van der Waals surface area (Å²) in [6.07, 6.45) is 5.50. The van der Waals surface area contributed by atoms with E-state index in [1.54, 1.807) is 6.20 Å². The fourth-order valence-corrected chi connectivity index (χ4v) is 4.07. The second kappa shape index (κ2) is 8.59. The van der Waals surface area contributed by atoms with Gasteiger partial charge < -0.3 is 20.3 Å². The van der Waals surface area contributed by atoms with Crippen LogP contribution in [0.5, 0.6) is 0 Å². The molecule has 0 bridgehead atoms. The van der Waals surface area contributed by atoms with Crippen molar-refractivity contribution in [2.45, 2.75) is 12.8 Å². The number of ether oxygens (including phenoxy) is 1. The summed E-state index contributed by atoms with van der Waals surface area (Å²) >= 11 is 0. The highest BCUT2D eigenvalue weighted by molar-refractivity contribution is 6.03. The third-order valence-corrected chi connectivity index (χ3v) is 6.13. The van der Waals surface area contributed by atoms with E-state index in [2.05, 4.69) is 56.3 Å². The normalized spacial score (nSPS) is 16.1. The molecule has 2 fully saturated rings. The first kappa shape index (κ1) is 20.5. The zero-order valence-electron chi connectivity index (χ0n) is 18.2. The van der Waals surface area contributed by atoms with E-state index >= 15 is 0 Å². The molecular formula is C25H27N5O2. The van der Waals surface area contributed by atoms with E-state index in [1.165, 1.54) is 5.69 Å². The lowest BCUT2D eigenvalue weighted by Crippen LogP contribution is -2.36. The minimum Gasteiger partial charge on any atom is -0.378 e. The van der Waals surface area contributed by atoms with Crippen molar-refractivity contribution in [3.63, 3.8) is 0 Å². The summed E-state index contributed by atoms with van der Waals surface area (Å²) in [6, 6.07) is 10.4. The molecule has 7 nitrogen and oxygen atoms in total. The summed E-state index contributed by atoms with van der Waals surface area (Å²) in [5, 5.41) is 7.91. The summed E-state index contributed by atoms with van der Waals surface area (Å²) in [5.74, 6) is 1.46. The SMILES string of the molecule is C=C(c1ccc(N2CCOCC2)cc1)c1cnc(NC)c2cnc(NC(=O)C3CC3)cc12. The Labute approximate surface area is 187 Å². The number of pyridine rings is 2. The molecule has 5 rings (SSSR count). The van der Waals surface area contributed by atoms with Gasteiger partial charge in [0.05, 0.1) is 13.2 Å². The lowest BCUT2D eigenvalue weighted by molar-refractivity contribution is -0.117. The molecule has 1 aromatic carbocycles. The number of nitrogens with one attached hydrogen (secondary N) is 2. The molecule has 1 aliphatic heterocycles. The summed E-state index contributed by atoms with van der Waals surface area (Å²) < 4.78 is 5.45. The number of nitrogens with zero attached hydrogens (tertiary/aromatic N) is 3. The van der Waals surface area contributed by atoms with E-state index in [9.17, 15) is 4.79 Å². The van der Waals surface area contributed by atoms with Crippen molar-refractivity contribution < 1.29 is 9.53 Å². The van der Waals surface area contributed by atoms with Crippen LogP contribution in [0.15, 0.2) is 49.3 Å². The molecule has 3 aromatic rings. The average Bonchev–Trinajstić information content (AvgIpc) is 3.69. The van der Waals surface area contributed by atoms with Gasteiger partial charge in [-0.25, -0.2) is 9.97 Å². The second-order valence-electron chi connectivity index (χ2n) is 8.27. The molecule has 0 spiro atoms. The molecular weight excluding hydrogens is 402 g/mol. The van der Waals surface area contributed by atoms with Crippen LogP contribution in [0, 0.1) is 5.92 Å². The van der Waals surface area contributed by atoms with Crippen molar-refractivity contribution in [1.82, 2.24) is 9.97 Å². The molecule has 2 N–H and O–H groups in total. The van der Waals surface area contributed by atoms with Gasteiger partial charge in [0.2, 0.25) is 5.91 Å². The maximum atomic E-state index is 12.2. The molecule has 1 amide bonds. The highest BCUT2D eigenvalue weighted by atomic mass is 16.5. The Balaban J connectivity index is 1.47. The van der Waals surface area contributed by atoms with Gasteiger partial charge in [-0.1, -0.05) is 18.7 Å². The predicted molar refractivity (Wildman–Crippen MR) is 128 cm³/mol. The maximum absolute atomic E-state index is 12.2. The monoisotopic (exact) mass is 429 g/mol. The van der Waals surface area contributed by atoms with Crippen molar-refractivity contribution in [3.05, 3.63) is 60.4 Å². The van der Waals surface area contributed by atoms with E-state index in [0.717, 1.165) is 72.4 Å². The standard InChI is InChI=1S/C25H27N5O2/c1-16(17-5-7-19(8-6-17)30-9-11-32-12-10-30)21-14-28-24(26-2)22-15-27-23(13-20(21)22)29-25(31)18-3-4-18/h5-8,13-15,18H,1,3-4,9-12H2,2H3,(H,26,28)(H,27,29,31). The summed E-state index contributed by atoms with van der Waals surface area (Å²) in [6.45, 7) is 7.70. The van der Waals surface area contributed by atoms with Crippen LogP contribution in [0.2, 0.25) is 0 Å². The van der Waals surface area contributed by atoms with Gasteiger partial charge in [-0.05, 0) is 47.6 Å². The number of amides is 1. The number of carbonyl (C=O) groups is 1. The fraction of sp³-hybridized carbons (Fsp3) is 0.320. The van der Waals surface area contributed by atoms with E-state index in [4.69, 9.17) is 4.74 Å². The quantitative estimate of drug-likeness (QED) is 0.618. The molecule has 1 saturated carbocycles. The predicted octanol–water partition coefficient (Wildman–Crippen LogP) is 3.92. The molecule has 32 heavy (non-hydrogen) atoms. The van der Waals surface area contributed by atoms with Crippen LogP contribution >= 0.6 is 0 Å². The minimum atomic E-state index is 0.0406. The van der Waals surface area contributed by atoms with E-state index in [1.807, 2.05) is 19.3 Å². The average molecular weight is 430 g/mol. The number of anilines is 3. The molecule has 164 valence electrons. The fourth-order valence-electron chi connectivity index (χ4n) is 4.07. The third-order valence-electron chi connectivity index (χ3n) is 6.13. The lowest BCUT2D eigenvalue weighted by Gasteiger charge is -2.29. The van der Waals surface area contributed by atoms with Crippen molar-refractivity contribution in [2.24, 2.45) is 5.92 Å². The highest BCUT2D eigenvalue weighted by Gasteiger charge is 2.30. The summed E-state index contributed by atoms with van der Waals surface area (Å²) in [4.78, 5) is 23.6. The summed E-state index contributed by atoms with van der Waals surface area (Å²) in [5.41, 5.74) is 4.02. The number of hydrogen-bond acceptors (Lipinski definition) is 6. The molecule has 0 atom stereocenters. The van der Waals surface area contributed by atoms with Gasteiger partial charge in [0.15, 0.2) is 0 Å². The largest absolute Gasteiger partial charge is 0.378 e. The zero-order chi connectivity index (χ0) is 22.1. The van der Waals surface area contributed by atoms with Crippen LogP contribution in [0.3, 0.4) is 0 Å². The number of morpholine rings is 1. The van der Waals surface area contributed by atoms with Crippen LogP contribution in [0.1, 0.15) is 24.0 Å². The van der Waals surface area contributed by atoms with Gasteiger partial charge in [0.25, 0.3) is 0 Å². The van der Waals surface area contributed by atoms with E-state index < -0.39 is 0 Å². The smallest absolute Gasteiger partial charge is 0.228 e. The molecule has 2 aromatic heterocycles. The van der Waals surface area contributed by atoms with Crippen LogP contribution in [0.4, 0.5) is 17.3 Å². The van der Waals surface area contributed by atoms with Gasteiger partial charge in [0, 0.05) is 55.1 Å². The molecule has 0 unspecified atom stereocenters. The second-order valence-corrected chi connectivity index (χ2v) is 8.27. The Kier molecular flexibility index (Phi) is 5.49. The molecule has 2 aliphatic rings. The van der Waals surface area contributed by atoms with E-state index in [0.29, 0.717) is 5.82 Å². The summed E-state index contributed by atoms with van der Waals surface area (Å²) in [7, 11) is 1.84. The first-order chi connectivity index (χ1) is 15.6. The van der Waals surface area contributed by atoms with Crippen LogP contribution in [0.25, 0.3) is 16.3 Å². The van der Waals surface area contributed by atoms with Crippen molar-refractivity contribution >= 4 is 39.6 Å². The van der Waals surface area contributed by atoms with Crippen LogP contribution in [-0.2, 0) is 9.53 Å². The number of carbonyl (C=O) groups excluding carboxylic acids is 1. The Hall–Kier alpha value is -3.45. The molecule has 3 heterocycles. The minimum absolute atomic E-state index is 0.0406.